The molecule has 3 N–H and O–H groups in total. The summed E-state index contributed by atoms with van der Waals surface area (Å²) in [6.07, 6.45) is 0. The maximum atomic E-state index is 11.7. The number of carbonyl (C=O) groups excluding carboxylic acids is 1. The lowest BCUT2D eigenvalue weighted by Gasteiger charge is -2.09. The van der Waals surface area contributed by atoms with E-state index in [1.54, 1.807) is 19.1 Å². The second-order valence-electron chi connectivity index (χ2n) is 4.05. The molecule has 2 aromatic rings. The minimum Gasteiger partial charge on any atom is -0.389 e. The zero-order valence-electron chi connectivity index (χ0n) is 10.1. The molecule has 0 aliphatic rings. The van der Waals surface area contributed by atoms with Gasteiger partial charge in [-0.25, -0.2) is 4.79 Å². The number of amides is 1. The maximum Gasteiger partial charge on any atom is 0.348 e. The molecule has 0 spiro atoms. The summed E-state index contributed by atoms with van der Waals surface area (Å²) in [5, 5.41) is 3.06. The van der Waals surface area contributed by atoms with Gasteiger partial charge in [-0.15, -0.1) is 0 Å². The number of aromatic nitrogens is 1. The Bertz CT molecular complexity index is 663. The van der Waals surface area contributed by atoms with Crippen LogP contribution < -0.4 is 16.7 Å². The number of rotatable bonds is 3. The summed E-state index contributed by atoms with van der Waals surface area (Å²) in [5.74, 6) is -0.552. The van der Waals surface area contributed by atoms with Gasteiger partial charge in [-0.3, -0.25) is 4.79 Å². The second-order valence-corrected chi connectivity index (χ2v) is 4.05. The van der Waals surface area contributed by atoms with Crippen LogP contribution in [0.2, 0.25) is 0 Å². The molecule has 0 unspecified atom stereocenters. The Labute approximate surface area is 103 Å². The fraction of sp³-hybridized carbons (Fsp3) is 0.250. The van der Waals surface area contributed by atoms with Crippen molar-refractivity contribution in [1.29, 1.82) is 0 Å². The Morgan fingerprint density at radius 1 is 1.50 bits per heavy atom. The first-order valence-corrected chi connectivity index (χ1v) is 5.45. The molecule has 0 aliphatic carbocycles. The van der Waals surface area contributed by atoms with E-state index in [1.807, 2.05) is 13.0 Å². The van der Waals surface area contributed by atoms with Gasteiger partial charge in [0.25, 0.3) is 6.01 Å². The number of para-hydroxylation sites is 1. The minimum atomic E-state index is -0.665. The van der Waals surface area contributed by atoms with E-state index in [-0.39, 0.29) is 6.01 Å². The van der Waals surface area contributed by atoms with E-state index in [1.165, 1.54) is 0 Å². The van der Waals surface area contributed by atoms with Crippen molar-refractivity contribution in [3.05, 3.63) is 34.2 Å². The van der Waals surface area contributed by atoms with Crippen LogP contribution in [-0.4, -0.2) is 16.9 Å². The van der Waals surface area contributed by atoms with Gasteiger partial charge in [0.2, 0.25) is 5.91 Å². The number of fused-ring (bicyclic) bond motifs is 1. The summed E-state index contributed by atoms with van der Waals surface area (Å²) in [6, 6.07) is 4.57. The smallest absolute Gasteiger partial charge is 0.348 e. The minimum absolute atomic E-state index is 0.00639. The van der Waals surface area contributed by atoms with Gasteiger partial charge in [0.05, 0.1) is 10.9 Å². The molecule has 18 heavy (non-hydrogen) atoms. The van der Waals surface area contributed by atoms with E-state index < -0.39 is 17.6 Å². The summed E-state index contributed by atoms with van der Waals surface area (Å²) in [6.45, 7) is 3.40. The fourth-order valence-electron chi connectivity index (χ4n) is 1.56. The number of nitrogens with one attached hydrogen (secondary N) is 1. The summed E-state index contributed by atoms with van der Waals surface area (Å²) in [5.41, 5.74) is 6.02. The van der Waals surface area contributed by atoms with E-state index in [0.29, 0.717) is 10.9 Å². The van der Waals surface area contributed by atoms with Crippen molar-refractivity contribution in [1.82, 2.24) is 4.98 Å². The molecule has 94 valence electrons. The number of carbonyl (C=O) groups is 1. The Morgan fingerprint density at radius 2 is 2.22 bits per heavy atom. The van der Waals surface area contributed by atoms with Crippen molar-refractivity contribution in [2.24, 2.45) is 5.73 Å². The lowest BCUT2D eigenvalue weighted by molar-refractivity contribution is -0.118. The van der Waals surface area contributed by atoms with E-state index in [9.17, 15) is 9.59 Å². The highest BCUT2D eigenvalue weighted by Gasteiger charge is 2.13. The van der Waals surface area contributed by atoms with E-state index in [4.69, 9.17) is 10.2 Å². The average Bonchev–Trinajstić information content (AvgIpc) is 2.30. The molecule has 0 saturated heterocycles. The molecular formula is C12H13N3O3. The quantitative estimate of drug-likeness (QED) is 0.835. The number of aryl methyl sites for hydroxylation is 1. The van der Waals surface area contributed by atoms with Crippen LogP contribution in [-0.2, 0) is 4.79 Å². The Morgan fingerprint density at radius 3 is 2.89 bits per heavy atom. The molecule has 1 atom stereocenters. The number of hydrogen-bond donors (Lipinski definition) is 2. The first-order chi connectivity index (χ1) is 8.49. The van der Waals surface area contributed by atoms with Gasteiger partial charge in [0.1, 0.15) is 6.04 Å². The molecule has 6 heteroatoms. The number of anilines is 1. The zero-order valence-corrected chi connectivity index (χ0v) is 10.1. The van der Waals surface area contributed by atoms with E-state index in [2.05, 4.69) is 10.3 Å². The largest absolute Gasteiger partial charge is 0.389 e. The van der Waals surface area contributed by atoms with E-state index >= 15 is 0 Å². The second kappa shape index (κ2) is 4.48. The molecule has 0 radical (unpaired) electrons. The van der Waals surface area contributed by atoms with Crippen molar-refractivity contribution in [3.63, 3.8) is 0 Å². The molecule has 0 aliphatic heterocycles. The van der Waals surface area contributed by atoms with Crippen LogP contribution in [0.25, 0.3) is 10.9 Å². The monoisotopic (exact) mass is 247 g/mol. The first kappa shape index (κ1) is 12.1. The molecule has 6 nitrogen and oxygen atoms in total. The Kier molecular flexibility index (Phi) is 3.01. The molecule has 1 amide bonds. The van der Waals surface area contributed by atoms with Crippen LogP contribution in [0.15, 0.2) is 27.4 Å². The fourth-order valence-corrected chi connectivity index (χ4v) is 1.56. The molecule has 2 rings (SSSR count). The third-order valence-electron chi connectivity index (χ3n) is 2.63. The molecule has 1 aromatic heterocycles. The summed E-state index contributed by atoms with van der Waals surface area (Å²) >= 11 is 0. The van der Waals surface area contributed by atoms with Gasteiger partial charge in [-0.1, -0.05) is 12.1 Å². The van der Waals surface area contributed by atoms with Crippen molar-refractivity contribution < 1.29 is 9.21 Å². The van der Waals surface area contributed by atoms with Crippen molar-refractivity contribution in [3.8, 4) is 0 Å². The zero-order chi connectivity index (χ0) is 13.3. The van der Waals surface area contributed by atoms with Crippen LogP contribution in [0.3, 0.4) is 0 Å². The number of nitrogens with two attached hydrogens (primary N) is 1. The van der Waals surface area contributed by atoms with Gasteiger partial charge in [-0.05, 0) is 25.5 Å². The lowest BCUT2D eigenvalue weighted by Crippen LogP contribution is -2.33. The van der Waals surface area contributed by atoms with Crippen molar-refractivity contribution in [2.75, 3.05) is 5.32 Å². The number of hydrogen-bond acceptors (Lipinski definition) is 5. The van der Waals surface area contributed by atoms with Crippen LogP contribution >= 0.6 is 0 Å². The molecule has 0 fully saturated rings. The summed E-state index contributed by atoms with van der Waals surface area (Å²) < 4.78 is 4.98. The van der Waals surface area contributed by atoms with Crippen LogP contribution in [0.1, 0.15) is 12.5 Å². The number of primary amides is 1. The third-order valence-corrected chi connectivity index (χ3v) is 2.63. The lowest BCUT2D eigenvalue weighted by atomic mass is 10.1. The molecule has 0 bridgehead atoms. The Hall–Kier alpha value is -2.37. The number of benzene rings is 1. The molecule has 1 heterocycles. The molecule has 0 saturated carbocycles. The van der Waals surface area contributed by atoms with Gasteiger partial charge in [0, 0.05) is 0 Å². The van der Waals surface area contributed by atoms with Gasteiger partial charge >= 0.3 is 5.63 Å². The van der Waals surface area contributed by atoms with Gasteiger partial charge in [-0.2, -0.15) is 4.98 Å². The van der Waals surface area contributed by atoms with Crippen LogP contribution in [0, 0.1) is 6.92 Å². The third kappa shape index (κ3) is 2.17. The Balaban J connectivity index is 2.52. The standard InChI is InChI=1S/C12H13N3O3/c1-6-4-3-5-8-9(6)15-12(18-11(8)17)14-7(2)10(13)16/h3-5,7H,1-2H3,(H2,13,16)(H,14,15)/t7-/m0/s1. The average molecular weight is 247 g/mol. The SMILES string of the molecule is Cc1cccc2c(=O)oc(N[C@@H](C)C(N)=O)nc12. The van der Waals surface area contributed by atoms with Crippen molar-refractivity contribution >= 4 is 22.8 Å². The highest BCUT2D eigenvalue weighted by Crippen LogP contribution is 2.15. The molecular weight excluding hydrogens is 234 g/mol. The predicted molar refractivity (Wildman–Crippen MR) is 67.3 cm³/mol. The van der Waals surface area contributed by atoms with Crippen molar-refractivity contribution in [2.45, 2.75) is 19.9 Å². The normalized spacial score (nSPS) is 12.3. The summed E-state index contributed by atoms with van der Waals surface area (Å²) in [4.78, 5) is 26.8. The molecule has 1 aromatic carbocycles. The van der Waals surface area contributed by atoms with Gasteiger partial charge in [0.15, 0.2) is 0 Å². The van der Waals surface area contributed by atoms with E-state index in [0.717, 1.165) is 5.56 Å². The topological polar surface area (TPSA) is 98.2 Å². The summed E-state index contributed by atoms with van der Waals surface area (Å²) in [7, 11) is 0. The van der Waals surface area contributed by atoms with Crippen LogP contribution in [0.5, 0.6) is 0 Å². The highest BCUT2D eigenvalue weighted by molar-refractivity contribution is 5.83. The maximum absolute atomic E-state index is 11.7. The van der Waals surface area contributed by atoms with Crippen LogP contribution in [0.4, 0.5) is 6.01 Å². The predicted octanol–water partition coefficient (Wildman–Crippen LogP) is 0.782. The van der Waals surface area contributed by atoms with Gasteiger partial charge < -0.3 is 15.5 Å². The number of nitrogens with zero attached hydrogens (tertiary/aromatic N) is 1. The first-order valence-electron chi connectivity index (χ1n) is 5.45. The highest BCUT2D eigenvalue weighted by atomic mass is 16.4.